The Labute approximate surface area is 197 Å². The maximum atomic E-state index is 15.4. The second-order valence-electron chi connectivity index (χ2n) is 8.69. The van der Waals surface area contributed by atoms with Gasteiger partial charge in [0, 0.05) is 62.3 Å². The van der Waals surface area contributed by atoms with Crippen molar-refractivity contribution in [1.29, 1.82) is 0 Å². The van der Waals surface area contributed by atoms with Gasteiger partial charge < -0.3 is 14.6 Å². The largest absolute Gasteiger partial charge is 0.477 e. The highest BCUT2D eigenvalue weighted by molar-refractivity contribution is 8.00. The first-order chi connectivity index (χ1) is 16.2. The first-order valence-electron chi connectivity index (χ1n) is 10.9. The van der Waals surface area contributed by atoms with E-state index in [4.69, 9.17) is 0 Å². The zero-order chi connectivity index (χ0) is 24.1. The van der Waals surface area contributed by atoms with Crippen LogP contribution in [0.2, 0.25) is 0 Å². The van der Waals surface area contributed by atoms with E-state index >= 15 is 4.39 Å². The number of anilines is 1. The van der Waals surface area contributed by atoms with Crippen LogP contribution in [0.15, 0.2) is 40.2 Å². The van der Waals surface area contributed by atoms with Crippen molar-refractivity contribution in [2.24, 2.45) is 0 Å². The lowest BCUT2D eigenvalue weighted by atomic mass is 10.1. The van der Waals surface area contributed by atoms with Crippen molar-refractivity contribution in [3.05, 3.63) is 69.3 Å². The summed E-state index contributed by atoms with van der Waals surface area (Å²) in [6.45, 7) is 4.90. The van der Waals surface area contributed by atoms with Crippen molar-refractivity contribution >= 4 is 34.3 Å². The van der Waals surface area contributed by atoms with E-state index in [0.29, 0.717) is 60.9 Å². The van der Waals surface area contributed by atoms with E-state index in [9.17, 15) is 23.5 Å². The van der Waals surface area contributed by atoms with Gasteiger partial charge in [0.05, 0.1) is 21.5 Å². The minimum Gasteiger partial charge on any atom is -0.477 e. The zero-order valence-corrected chi connectivity index (χ0v) is 19.2. The van der Waals surface area contributed by atoms with Crippen molar-refractivity contribution < 1.29 is 23.1 Å². The summed E-state index contributed by atoms with van der Waals surface area (Å²) >= 11 is 1.48. The molecule has 2 aliphatic heterocycles. The minimum absolute atomic E-state index is 0.0585. The Kier molecular flexibility index (Phi) is 5.81. The summed E-state index contributed by atoms with van der Waals surface area (Å²) in [4.78, 5) is 28.9. The number of pyridine rings is 1. The van der Waals surface area contributed by atoms with E-state index in [0.717, 1.165) is 12.1 Å². The number of aromatic carboxylic acids is 1. The van der Waals surface area contributed by atoms with Gasteiger partial charge in [-0.15, -0.1) is 11.8 Å². The fourth-order valence-electron chi connectivity index (χ4n) is 4.73. The number of aromatic nitrogens is 1. The predicted octanol–water partition coefficient (Wildman–Crippen LogP) is 3.93. The van der Waals surface area contributed by atoms with Crippen LogP contribution in [0, 0.1) is 17.5 Å². The Morgan fingerprint density at radius 2 is 1.85 bits per heavy atom. The molecule has 0 saturated carbocycles. The molecule has 0 radical (unpaired) electrons. The lowest BCUT2D eigenvalue weighted by Crippen LogP contribution is -2.46. The van der Waals surface area contributed by atoms with Crippen LogP contribution in [0.1, 0.15) is 22.8 Å². The summed E-state index contributed by atoms with van der Waals surface area (Å²) in [6, 6.07) is 4.69. The molecule has 2 aliphatic rings. The molecule has 5 rings (SSSR count). The number of rotatable bonds is 4. The van der Waals surface area contributed by atoms with E-state index in [1.165, 1.54) is 30.1 Å². The molecule has 0 spiro atoms. The molecule has 6 nitrogen and oxygen atoms in total. The van der Waals surface area contributed by atoms with Crippen molar-refractivity contribution in [1.82, 2.24) is 9.47 Å². The van der Waals surface area contributed by atoms with Crippen LogP contribution in [-0.4, -0.2) is 52.0 Å². The van der Waals surface area contributed by atoms with Crippen molar-refractivity contribution in [2.75, 3.05) is 31.1 Å². The first-order valence-corrected chi connectivity index (χ1v) is 11.8. The number of benzene rings is 2. The summed E-state index contributed by atoms with van der Waals surface area (Å²) in [5.74, 6) is -3.10. The number of hydrogen-bond donors (Lipinski definition) is 1. The molecule has 3 aromatic rings. The van der Waals surface area contributed by atoms with Gasteiger partial charge >= 0.3 is 5.97 Å². The molecule has 1 aromatic heterocycles. The van der Waals surface area contributed by atoms with Crippen LogP contribution >= 0.6 is 11.8 Å². The molecule has 0 bridgehead atoms. The molecular formula is C24H22F3N3O3S. The van der Waals surface area contributed by atoms with Crippen molar-refractivity contribution in [3.8, 4) is 0 Å². The number of carbonyl (C=O) groups is 1. The van der Waals surface area contributed by atoms with Crippen LogP contribution in [-0.2, 0) is 13.1 Å². The minimum atomic E-state index is -1.33. The third kappa shape index (κ3) is 3.94. The fraction of sp³-hybridized carbons (Fsp3) is 0.333. The topological polar surface area (TPSA) is 65.8 Å². The third-order valence-corrected chi connectivity index (χ3v) is 7.52. The van der Waals surface area contributed by atoms with Gasteiger partial charge in [-0.05, 0) is 12.1 Å². The SMILES string of the molecule is CC1Cn2cc(C(=O)O)c(=O)c3cc(F)c(N4CCN(Cc5ccc(F)cc5F)CC4)c(c32)S1. The zero-order valence-electron chi connectivity index (χ0n) is 18.4. The van der Waals surface area contributed by atoms with Crippen LogP contribution in [0.4, 0.5) is 18.9 Å². The second kappa shape index (κ2) is 8.66. The van der Waals surface area contributed by atoms with E-state index in [-0.39, 0.29) is 16.2 Å². The summed E-state index contributed by atoms with van der Waals surface area (Å²) in [7, 11) is 0. The molecule has 10 heteroatoms. The highest BCUT2D eigenvalue weighted by Crippen LogP contribution is 2.44. The van der Waals surface area contributed by atoms with Gasteiger partial charge in [0.2, 0.25) is 5.43 Å². The predicted molar refractivity (Wildman–Crippen MR) is 124 cm³/mol. The third-order valence-electron chi connectivity index (χ3n) is 6.34. The van der Waals surface area contributed by atoms with Crippen LogP contribution < -0.4 is 10.3 Å². The van der Waals surface area contributed by atoms with Gasteiger partial charge in [-0.25, -0.2) is 18.0 Å². The Bertz CT molecular complexity index is 1370. The number of hydrogen-bond acceptors (Lipinski definition) is 5. The standard InChI is InChI=1S/C24H22F3N3O3S/c1-13-10-30-12-17(24(32)33)22(31)16-9-19(27)21(23(34-13)20(16)30)29-6-4-28(5-7-29)11-14-2-3-15(25)8-18(14)26/h2-3,8-9,12-13H,4-7,10-11H2,1H3,(H,32,33). The lowest BCUT2D eigenvalue weighted by Gasteiger charge is -2.38. The number of carboxylic acids is 1. The molecule has 1 N–H and O–H groups in total. The summed E-state index contributed by atoms with van der Waals surface area (Å²) in [6.07, 6.45) is 1.35. The number of carboxylic acid groups (broad SMARTS) is 1. The van der Waals surface area contributed by atoms with E-state index in [1.807, 2.05) is 16.7 Å². The molecule has 0 aliphatic carbocycles. The maximum Gasteiger partial charge on any atom is 0.341 e. The van der Waals surface area contributed by atoms with Crippen molar-refractivity contribution in [2.45, 2.75) is 30.2 Å². The maximum absolute atomic E-state index is 15.4. The number of piperazine rings is 1. The molecular weight excluding hydrogens is 467 g/mol. The molecule has 1 fully saturated rings. The molecule has 178 valence electrons. The summed E-state index contributed by atoms with van der Waals surface area (Å²) in [5, 5.41) is 9.55. The van der Waals surface area contributed by atoms with Crippen molar-refractivity contribution in [3.63, 3.8) is 0 Å². The molecule has 2 aromatic carbocycles. The molecule has 0 amide bonds. The fourth-order valence-corrected chi connectivity index (χ4v) is 6.04. The number of thioether (sulfide) groups is 1. The molecule has 34 heavy (non-hydrogen) atoms. The smallest absolute Gasteiger partial charge is 0.341 e. The Hall–Kier alpha value is -2.98. The van der Waals surface area contributed by atoms with Gasteiger partial charge in [0.15, 0.2) is 0 Å². The van der Waals surface area contributed by atoms with Gasteiger partial charge in [0.1, 0.15) is 23.0 Å². The quantitative estimate of drug-likeness (QED) is 0.599. The summed E-state index contributed by atoms with van der Waals surface area (Å²) in [5.41, 5.74) is 0.320. The molecule has 1 saturated heterocycles. The molecule has 3 heterocycles. The van der Waals surface area contributed by atoms with Crippen LogP contribution in [0.25, 0.3) is 10.9 Å². The Balaban J connectivity index is 1.47. The molecule has 1 atom stereocenters. The van der Waals surface area contributed by atoms with Gasteiger partial charge in [-0.2, -0.15) is 0 Å². The Morgan fingerprint density at radius 1 is 1.12 bits per heavy atom. The second-order valence-corrected chi connectivity index (χ2v) is 10.1. The lowest BCUT2D eigenvalue weighted by molar-refractivity contribution is 0.0694. The highest BCUT2D eigenvalue weighted by atomic mass is 32.2. The number of nitrogens with zero attached hydrogens (tertiary/aromatic N) is 3. The average molecular weight is 490 g/mol. The van der Waals surface area contributed by atoms with Crippen LogP contribution in [0.5, 0.6) is 0 Å². The average Bonchev–Trinajstić information content (AvgIpc) is 2.78. The highest BCUT2D eigenvalue weighted by Gasteiger charge is 2.30. The van der Waals surface area contributed by atoms with E-state index < -0.39 is 28.8 Å². The van der Waals surface area contributed by atoms with Gasteiger partial charge in [-0.1, -0.05) is 13.0 Å². The monoisotopic (exact) mass is 489 g/mol. The Morgan fingerprint density at radius 3 is 2.53 bits per heavy atom. The van der Waals surface area contributed by atoms with Gasteiger partial charge in [-0.3, -0.25) is 9.69 Å². The molecule has 1 unspecified atom stereocenters. The first kappa shape index (κ1) is 22.8. The van der Waals surface area contributed by atoms with Crippen LogP contribution in [0.3, 0.4) is 0 Å². The van der Waals surface area contributed by atoms with Gasteiger partial charge in [0.25, 0.3) is 0 Å². The normalized spacial score (nSPS) is 18.5. The summed E-state index contributed by atoms with van der Waals surface area (Å²) < 4.78 is 44.4. The van der Waals surface area contributed by atoms with E-state index in [2.05, 4.69) is 0 Å². The number of halogens is 3. The van der Waals surface area contributed by atoms with E-state index in [1.54, 1.807) is 4.57 Å².